The summed E-state index contributed by atoms with van der Waals surface area (Å²) < 4.78 is 0. The van der Waals surface area contributed by atoms with Crippen LogP contribution in [0.5, 0.6) is 0 Å². The summed E-state index contributed by atoms with van der Waals surface area (Å²) in [6, 6.07) is 29.1. The Kier molecular flexibility index (Phi) is 6.05. The number of rotatable bonds is 5. The first-order chi connectivity index (χ1) is 14.1. The highest BCUT2D eigenvalue weighted by atomic mass is 32.2. The number of carbonyl (C=O) groups excluding carboxylic acids is 1. The van der Waals surface area contributed by atoms with Crippen molar-refractivity contribution in [1.29, 1.82) is 0 Å². The molecule has 1 unspecified atom stereocenters. The largest absolute Gasteiger partial charge is 0.325 e. The van der Waals surface area contributed by atoms with Crippen molar-refractivity contribution in [3.8, 4) is 0 Å². The zero-order valence-electron chi connectivity index (χ0n) is 17.0. The Balaban J connectivity index is 1.66. The van der Waals surface area contributed by atoms with Gasteiger partial charge in [-0.3, -0.25) is 4.79 Å². The third-order valence-corrected chi connectivity index (χ3v) is 6.84. The third-order valence-electron chi connectivity index (χ3n) is 5.58. The Morgan fingerprint density at radius 1 is 0.828 bits per heavy atom. The summed E-state index contributed by atoms with van der Waals surface area (Å²) in [6.07, 6.45) is 0. The van der Waals surface area contributed by atoms with Gasteiger partial charge in [-0.2, -0.15) is 0 Å². The maximum Gasteiger partial charge on any atom is 0.235 e. The second-order valence-corrected chi connectivity index (χ2v) is 9.02. The van der Waals surface area contributed by atoms with Gasteiger partial charge < -0.3 is 4.90 Å². The Labute approximate surface area is 178 Å². The molecule has 1 fully saturated rings. The SMILES string of the molecule is CC(C)c1ccc(C2SCCN2C(=O)C(c2ccccc2)c2ccccc2)cc1. The van der Waals surface area contributed by atoms with Crippen LogP contribution in [-0.2, 0) is 4.79 Å². The Morgan fingerprint density at radius 3 is 1.90 bits per heavy atom. The van der Waals surface area contributed by atoms with Gasteiger partial charge in [0, 0.05) is 12.3 Å². The first kappa shape index (κ1) is 19.8. The molecule has 1 heterocycles. The van der Waals surface area contributed by atoms with Gasteiger partial charge >= 0.3 is 0 Å². The molecule has 0 spiro atoms. The van der Waals surface area contributed by atoms with Crippen molar-refractivity contribution in [2.45, 2.75) is 31.1 Å². The first-order valence-corrected chi connectivity index (χ1v) is 11.3. The van der Waals surface area contributed by atoms with Crippen LogP contribution in [-0.4, -0.2) is 23.1 Å². The Hall–Kier alpha value is -2.52. The van der Waals surface area contributed by atoms with Gasteiger partial charge in [-0.15, -0.1) is 11.8 Å². The lowest BCUT2D eigenvalue weighted by Crippen LogP contribution is -2.35. The summed E-state index contributed by atoms with van der Waals surface area (Å²) in [5.74, 6) is 1.40. The summed E-state index contributed by atoms with van der Waals surface area (Å²) in [5, 5.41) is 0.0821. The average molecular weight is 402 g/mol. The van der Waals surface area contributed by atoms with Crippen molar-refractivity contribution in [2.24, 2.45) is 0 Å². The summed E-state index contributed by atoms with van der Waals surface area (Å²) in [6.45, 7) is 5.20. The molecule has 1 amide bonds. The molecule has 3 aromatic rings. The fraction of sp³-hybridized carbons (Fsp3) is 0.269. The lowest BCUT2D eigenvalue weighted by atomic mass is 9.90. The van der Waals surface area contributed by atoms with E-state index in [-0.39, 0.29) is 17.2 Å². The molecule has 1 aliphatic rings. The molecule has 148 valence electrons. The monoisotopic (exact) mass is 401 g/mol. The first-order valence-electron chi connectivity index (χ1n) is 10.3. The fourth-order valence-corrected chi connectivity index (χ4v) is 5.22. The molecular weight excluding hydrogens is 374 g/mol. The molecule has 4 rings (SSSR count). The number of thioether (sulfide) groups is 1. The van der Waals surface area contributed by atoms with Crippen molar-refractivity contribution in [3.63, 3.8) is 0 Å². The molecule has 0 radical (unpaired) electrons. The van der Waals surface area contributed by atoms with Crippen LogP contribution in [0.15, 0.2) is 84.9 Å². The fourth-order valence-electron chi connectivity index (χ4n) is 3.95. The van der Waals surface area contributed by atoms with Crippen LogP contribution in [0.1, 0.15) is 53.3 Å². The lowest BCUT2D eigenvalue weighted by Gasteiger charge is -2.29. The van der Waals surface area contributed by atoms with Crippen LogP contribution in [0.25, 0.3) is 0 Å². The molecule has 3 aromatic carbocycles. The molecule has 0 N–H and O–H groups in total. The quantitative estimate of drug-likeness (QED) is 0.506. The minimum absolute atomic E-state index is 0.0821. The number of amides is 1. The second kappa shape index (κ2) is 8.87. The van der Waals surface area contributed by atoms with E-state index in [0.717, 1.165) is 23.4 Å². The van der Waals surface area contributed by atoms with Gasteiger partial charge in [0.25, 0.3) is 0 Å². The van der Waals surface area contributed by atoms with Crippen LogP contribution in [0.4, 0.5) is 0 Å². The van der Waals surface area contributed by atoms with Crippen molar-refractivity contribution >= 4 is 17.7 Å². The van der Waals surface area contributed by atoms with E-state index in [4.69, 9.17) is 0 Å². The number of hydrogen-bond acceptors (Lipinski definition) is 2. The zero-order chi connectivity index (χ0) is 20.2. The van der Waals surface area contributed by atoms with Crippen molar-refractivity contribution < 1.29 is 4.79 Å². The van der Waals surface area contributed by atoms with E-state index in [1.165, 1.54) is 11.1 Å². The average Bonchev–Trinajstić information content (AvgIpc) is 3.25. The van der Waals surface area contributed by atoms with Crippen molar-refractivity contribution in [1.82, 2.24) is 4.90 Å². The van der Waals surface area contributed by atoms with E-state index in [0.29, 0.717) is 5.92 Å². The van der Waals surface area contributed by atoms with Crippen LogP contribution in [0.3, 0.4) is 0 Å². The molecule has 0 saturated carbocycles. The van der Waals surface area contributed by atoms with Gasteiger partial charge in [-0.05, 0) is 28.2 Å². The maximum atomic E-state index is 13.8. The van der Waals surface area contributed by atoms with Gasteiger partial charge in [0.1, 0.15) is 5.37 Å². The number of carbonyl (C=O) groups is 1. The number of benzene rings is 3. The van der Waals surface area contributed by atoms with Gasteiger partial charge in [0.2, 0.25) is 5.91 Å². The zero-order valence-corrected chi connectivity index (χ0v) is 17.8. The van der Waals surface area contributed by atoms with E-state index >= 15 is 0 Å². The van der Waals surface area contributed by atoms with Crippen molar-refractivity contribution in [2.75, 3.05) is 12.3 Å². The van der Waals surface area contributed by atoms with E-state index in [1.54, 1.807) is 0 Å². The van der Waals surface area contributed by atoms with Crippen LogP contribution >= 0.6 is 11.8 Å². The van der Waals surface area contributed by atoms with E-state index in [1.807, 2.05) is 48.2 Å². The molecule has 29 heavy (non-hydrogen) atoms. The smallest absolute Gasteiger partial charge is 0.235 e. The van der Waals surface area contributed by atoms with Crippen LogP contribution < -0.4 is 0 Å². The highest BCUT2D eigenvalue weighted by molar-refractivity contribution is 7.99. The molecule has 0 aromatic heterocycles. The summed E-state index contributed by atoms with van der Waals surface area (Å²) in [4.78, 5) is 15.9. The predicted molar refractivity (Wildman–Crippen MR) is 122 cm³/mol. The molecule has 1 aliphatic heterocycles. The van der Waals surface area contributed by atoms with Gasteiger partial charge in [0.15, 0.2) is 0 Å². The third kappa shape index (κ3) is 4.25. The molecule has 0 aliphatic carbocycles. The predicted octanol–water partition coefficient (Wildman–Crippen LogP) is 6.22. The summed E-state index contributed by atoms with van der Waals surface area (Å²) in [5.41, 5.74) is 4.65. The van der Waals surface area contributed by atoms with Crippen molar-refractivity contribution in [3.05, 3.63) is 107 Å². The van der Waals surface area contributed by atoms with Gasteiger partial charge in [-0.1, -0.05) is 98.8 Å². The van der Waals surface area contributed by atoms with E-state index < -0.39 is 0 Å². The number of hydrogen-bond donors (Lipinski definition) is 0. The van der Waals surface area contributed by atoms with Crippen LogP contribution in [0, 0.1) is 0 Å². The summed E-state index contributed by atoms with van der Waals surface area (Å²) >= 11 is 1.86. The van der Waals surface area contributed by atoms with E-state index in [2.05, 4.69) is 67.3 Å². The Morgan fingerprint density at radius 2 is 1.38 bits per heavy atom. The van der Waals surface area contributed by atoms with Gasteiger partial charge in [-0.25, -0.2) is 0 Å². The minimum Gasteiger partial charge on any atom is -0.325 e. The second-order valence-electron chi connectivity index (χ2n) is 7.83. The highest BCUT2D eigenvalue weighted by Crippen LogP contribution is 2.41. The molecule has 1 atom stereocenters. The molecule has 3 heteroatoms. The summed E-state index contributed by atoms with van der Waals surface area (Å²) in [7, 11) is 0. The van der Waals surface area contributed by atoms with E-state index in [9.17, 15) is 4.79 Å². The molecule has 2 nitrogen and oxygen atoms in total. The highest BCUT2D eigenvalue weighted by Gasteiger charge is 2.35. The molecule has 0 bridgehead atoms. The Bertz CT molecular complexity index is 898. The lowest BCUT2D eigenvalue weighted by molar-refractivity contribution is -0.132. The normalized spacial score (nSPS) is 16.6. The van der Waals surface area contributed by atoms with Gasteiger partial charge in [0.05, 0.1) is 5.92 Å². The molecule has 1 saturated heterocycles. The maximum absolute atomic E-state index is 13.8. The minimum atomic E-state index is -0.270. The van der Waals surface area contributed by atoms with Crippen LogP contribution in [0.2, 0.25) is 0 Å². The topological polar surface area (TPSA) is 20.3 Å². The number of nitrogens with zero attached hydrogens (tertiary/aromatic N) is 1. The molecular formula is C26H27NOS. The standard InChI is InChI=1S/C26H27NOS/c1-19(2)20-13-15-23(16-14-20)26-27(17-18-29-26)25(28)24(21-9-5-3-6-10-21)22-11-7-4-8-12-22/h3-16,19,24,26H,17-18H2,1-2H3.